The number of aromatic nitrogens is 2. The van der Waals surface area contributed by atoms with Gasteiger partial charge in [0.2, 0.25) is 5.88 Å². The minimum atomic E-state index is -0.137. The highest BCUT2D eigenvalue weighted by molar-refractivity contribution is 5.79. The molecule has 5 heteroatoms. The van der Waals surface area contributed by atoms with Gasteiger partial charge in [0, 0.05) is 18.6 Å². The number of rotatable bonds is 4. The second kappa shape index (κ2) is 3.83. The van der Waals surface area contributed by atoms with Gasteiger partial charge in [-0.2, -0.15) is 0 Å². The minimum absolute atomic E-state index is 0.0654. The number of aliphatic hydroxyl groups is 1. The summed E-state index contributed by atoms with van der Waals surface area (Å²) < 4.78 is 5.63. The molecule has 1 aliphatic heterocycles. The summed E-state index contributed by atoms with van der Waals surface area (Å²) in [5, 5.41) is 9.16. The molecule has 0 aromatic carbocycles. The Kier molecular flexibility index (Phi) is 2.32. The highest BCUT2D eigenvalue weighted by Gasteiger charge is 2.29. The Labute approximate surface area is 93.2 Å². The first-order chi connectivity index (χ1) is 7.83. The smallest absolute Gasteiger partial charge is 0.238 e. The van der Waals surface area contributed by atoms with Crippen molar-refractivity contribution in [2.45, 2.75) is 25.0 Å². The summed E-state index contributed by atoms with van der Waals surface area (Å²) in [5.74, 6) is 1.02. The standard InChI is InChI=1S/C11H13N3O2/c15-8-3-7(4-8)6-16-11-10(9-5-14-9)12-1-2-13-11/h1-2,5,7-9,15H,3-4,6H2. The van der Waals surface area contributed by atoms with E-state index in [-0.39, 0.29) is 12.1 Å². The Morgan fingerprint density at radius 2 is 2.06 bits per heavy atom. The first-order valence-electron chi connectivity index (χ1n) is 5.48. The number of ether oxygens (including phenoxy) is 1. The zero-order valence-electron chi connectivity index (χ0n) is 8.78. The SMILES string of the molecule is OC1CC(COc2nccnc2C2C=N2)C1. The van der Waals surface area contributed by atoms with Gasteiger partial charge in [-0.15, -0.1) is 0 Å². The third-order valence-corrected chi connectivity index (χ3v) is 2.94. The lowest BCUT2D eigenvalue weighted by molar-refractivity contribution is 0.0192. The van der Waals surface area contributed by atoms with Gasteiger partial charge in [-0.25, -0.2) is 4.98 Å². The van der Waals surface area contributed by atoms with Gasteiger partial charge in [-0.3, -0.25) is 9.98 Å². The second-order valence-electron chi connectivity index (χ2n) is 4.29. The van der Waals surface area contributed by atoms with Crippen LogP contribution in [0.15, 0.2) is 17.4 Å². The van der Waals surface area contributed by atoms with Crippen molar-refractivity contribution in [1.82, 2.24) is 9.97 Å². The van der Waals surface area contributed by atoms with Crippen LogP contribution in [0.5, 0.6) is 5.88 Å². The van der Waals surface area contributed by atoms with Crippen LogP contribution in [0, 0.1) is 5.92 Å². The van der Waals surface area contributed by atoms with Crippen LogP contribution < -0.4 is 4.74 Å². The van der Waals surface area contributed by atoms with E-state index in [0.717, 1.165) is 18.5 Å². The molecule has 2 aliphatic rings. The summed E-state index contributed by atoms with van der Waals surface area (Å²) in [6.45, 7) is 0.607. The maximum atomic E-state index is 9.16. The average Bonchev–Trinajstić information content (AvgIpc) is 3.07. The molecule has 0 radical (unpaired) electrons. The maximum Gasteiger partial charge on any atom is 0.238 e. The fourth-order valence-electron chi connectivity index (χ4n) is 1.87. The van der Waals surface area contributed by atoms with Crippen molar-refractivity contribution in [3.63, 3.8) is 0 Å². The topological polar surface area (TPSA) is 67.6 Å². The van der Waals surface area contributed by atoms with Gasteiger partial charge in [0.05, 0.1) is 12.7 Å². The summed E-state index contributed by atoms with van der Waals surface area (Å²) in [4.78, 5) is 12.4. The first-order valence-corrected chi connectivity index (χ1v) is 5.48. The molecule has 0 bridgehead atoms. The summed E-state index contributed by atoms with van der Waals surface area (Å²) in [6, 6.07) is 0.0654. The molecule has 3 rings (SSSR count). The number of nitrogens with zero attached hydrogens (tertiary/aromatic N) is 3. The first kappa shape index (κ1) is 9.72. The normalized spacial score (nSPS) is 30.9. The molecule has 5 nitrogen and oxygen atoms in total. The Hall–Kier alpha value is -1.49. The van der Waals surface area contributed by atoms with Crippen LogP contribution in [-0.4, -0.2) is 34.0 Å². The summed E-state index contributed by atoms with van der Waals surface area (Å²) in [7, 11) is 0. The molecule has 0 spiro atoms. The van der Waals surface area contributed by atoms with Crippen LogP contribution >= 0.6 is 0 Å². The molecular formula is C11H13N3O2. The molecule has 1 aromatic heterocycles. The summed E-state index contributed by atoms with van der Waals surface area (Å²) in [6.07, 6.45) is 6.62. The number of hydrogen-bond donors (Lipinski definition) is 1. The molecule has 16 heavy (non-hydrogen) atoms. The van der Waals surface area contributed by atoms with Crippen molar-refractivity contribution in [1.29, 1.82) is 0 Å². The molecule has 1 N–H and O–H groups in total. The quantitative estimate of drug-likeness (QED) is 0.811. The third kappa shape index (κ3) is 1.90. The molecular weight excluding hydrogens is 206 g/mol. The number of hydrogen-bond acceptors (Lipinski definition) is 5. The lowest BCUT2D eigenvalue weighted by Gasteiger charge is -2.30. The summed E-state index contributed by atoms with van der Waals surface area (Å²) >= 11 is 0. The van der Waals surface area contributed by atoms with E-state index < -0.39 is 0 Å². The molecule has 1 atom stereocenters. The average molecular weight is 219 g/mol. The Morgan fingerprint density at radius 3 is 2.75 bits per heavy atom. The molecule has 84 valence electrons. The van der Waals surface area contributed by atoms with Gasteiger partial charge < -0.3 is 9.84 Å². The predicted molar refractivity (Wildman–Crippen MR) is 57.5 cm³/mol. The van der Waals surface area contributed by atoms with E-state index in [2.05, 4.69) is 15.0 Å². The van der Waals surface area contributed by atoms with Gasteiger partial charge in [0.15, 0.2) is 0 Å². The van der Waals surface area contributed by atoms with Crippen molar-refractivity contribution in [3.8, 4) is 5.88 Å². The van der Waals surface area contributed by atoms with Crippen molar-refractivity contribution in [3.05, 3.63) is 18.1 Å². The highest BCUT2D eigenvalue weighted by Crippen LogP contribution is 2.31. The van der Waals surface area contributed by atoms with Gasteiger partial charge in [-0.1, -0.05) is 0 Å². The molecule has 1 fully saturated rings. The molecule has 1 aliphatic carbocycles. The van der Waals surface area contributed by atoms with E-state index in [1.54, 1.807) is 12.4 Å². The number of aliphatic hydroxyl groups excluding tert-OH is 1. The van der Waals surface area contributed by atoms with E-state index in [4.69, 9.17) is 9.84 Å². The van der Waals surface area contributed by atoms with E-state index in [9.17, 15) is 0 Å². The lowest BCUT2D eigenvalue weighted by atomic mass is 9.83. The Bertz CT molecular complexity index is 409. The van der Waals surface area contributed by atoms with Crippen LogP contribution in [-0.2, 0) is 0 Å². The van der Waals surface area contributed by atoms with E-state index in [1.165, 1.54) is 0 Å². The third-order valence-electron chi connectivity index (χ3n) is 2.94. The highest BCUT2D eigenvalue weighted by atomic mass is 16.5. The van der Waals surface area contributed by atoms with E-state index >= 15 is 0 Å². The molecule has 1 saturated carbocycles. The molecule has 1 unspecified atom stereocenters. The monoisotopic (exact) mass is 219 g/mol. The van der Waals surface area contributed by atoms with Crippen molar-refractivity contribution >= 4 is 6.21 Å². The predicted octanol–water partition coefficient (Wildman–Crippen LogP) is 0.752. The van der Waals surface area contributed by atoms with Crippen LogP contribution in [0.1, 0.15) is 24.6 Å². The van der Waals surface area contributed by atoms with Crippen molar-refractivity contribution in [2.75, 3.05) is 6.61 Å². The fraction of sp³-hybridized carbons (Fsp3) is 0.545. The van der Waals surface area contributed by atoms with Gasteiger partial charge in [0.25, 0.3) is 0 Å². The second-order valence-corrected chi connectivity index (χ2v) is 4.29. The zero-order valence-corrected chi connectivity index (χ0v) is 8.78. The molecule has 2 heterocycles. The molecule has 0 saturated heterocycles. The van der Waals surface area contributed by atoms with Crippen LogP contribution in [0.3, 0.4) is 0 Å². The van der Waals surface area contributed by atoms with Crippen LogP contribution in [0.25, 0.3) is 0 Å². The fourth-order valence-corrected chi connectivity index (χ4v) is 1.87. The zero-order chi connectivity index (χ0) is 11.0. The summed E-state index contributed by atoms with van der Waals surface area (Å²) in [5.41, 5.74) is 0.794. The van der Waals surface area contributed by atoms with Gasteiger partial charge >= 0.3 is 0 Å². The van der Waals surface area contributed by atoms with Crippen LogP contribution in [0.4, 0.5) is 0 Å². The van der Waals surface area contributed by atoms with Crippen molar-refractivity contribution in [2.24, 2.45) is 10.9 Å². The molecule has 1 aromatic rings. The van der Waals surface area contributed by atoms with Crippen molar-refractivity contribution < 1.29 is 9.84 Å². The van der Waals surface area contributed by atoms with Crippen LogP contribution in [0.2, 0.25) is 0 Å². The van der Waals surface area contributed by atoms with Gasteiger partial charge in [0.1, 0.15) is 11.7 Å². The molecule has 0 amide bonds. The maximum absolute atomic E-state index is 9.16. The van der Waals surface area contributed by atoms with Gasteiger partial charge in [-0.05, 0) is 18.8 Å². The lowest BCUT2D eigenvalue weighted by Crippen LogP contribution is -2.32. The number of aliphatic imine (C=N–C) groups is 1. The van der Waals surface area contributed by atoms with E-state index in [1.807, 2.05) is 6.21 Å². The minimum Gasteiger partial charge on any atom is -0.476 e. The largest absolute Gasteiger partial charge is 0.476 e. The Morgan fingerprint density at radius 1 is 1.31 bits per heavy atom. The van der Waals surface area contributed by atoms with E-state index in [0.29, 0.717) is 18.4 Å². The Balaban J connectivity index is 1.60.